The molecule has 1 aliphatic rings. The Hall–Kier alpha value is -0.850. The van der Waals surface area contributed by atoms with Gasteiger partial charge in [-0.15, -0.1) is 6.58 Å². The number of ether oxygens (including phenoxy) is 1. The van der Waals surface area contributed by atoms with Crippen molar-refractivity contribution in [2.75, 3.05) is 13.2 Å². The van der Waals surface area contributed by atoms with E-state index in [1.165, 1.54) is 5.56 Å². The largest absolute Gasteiger partial charge is 0.492 e. The molecule has 0 fully saturated rings. The van der Waals surface area contributed by atoms with E-state index >= 15 is 0 Å². The summed E-state index contributed by atoms with van der Waals surface area (Å²) >= 11 is 0. The summed E-state index contributed by atoms with van der Waals surface area (Å²) in [6, 6.07) is 8.61. The average Bonchev–Trinajstić information content (AvgIpc) is 2.40. The number of hydrogen-bond donors (Lipinski definition) is 0. The minimum absolute atomic E-state index is 0.367. The van der Waals surface area contributed by atoms with Gasteiger partial charge in [-0.3, -0.25) is 4.67 Å². The predicted octanol–water partition coefficient (Wildman–Crippen LogP) is 2.79. The molecule has 0 saturated heterocycles. The SMILES string of the molecule is C=CCC1c2ccccc2OCCN1P. The van der Waals surface area contributed by atoms with Crippen molar-refractivity contribution in [3.05, 3.63) is 42.5 Å². The highest BCUT2D eigenvalue weighted by Gasteiger charge is 2.22. The zero-order valence-electron chi connectivity index (χ0n) is 8.73. The summed E-state index contributed by atoms with van der Waals surface area (Å²) in [6.07, 6.45) is 2.91. The first kappa shape index (κ1) is 10.7. The van der Waals surface area contributed by atoms with Gasteiger partial charge < -0.3 is 4.74 Å². The molecular formula is C12H16NOP. The normalized spacial score (nSPS) is 21.3. The van der Waals surface area contributed by atoms with E-state index in [-0.39, 0.29) is 0 Å². The first-order chi connectivity index (χ1) is 7.33. The Morgan fingerprint density at radius 3 is 3.13 bits per heavy atom. The Morgan fingerprint density at radius 2 is 2.33 bits per heavy atom. The van der Waals surface area contributed by atoms with Crippen LogP contribution in [0.5, 0.6) is 5.75 Å². The van der Waals surface area contributed by atoms with Crippen LogP contribution in [-0.2, 0) is 0 Å². The molecule has 2 nitrogen and oxygen atoms in total. The molecule has 80 valence electrons. The monoisotopic (exact) mass is 221 g/mol. The minimum atomic E-state index is 0.367. The quantitative estimate of drug-likeness (QED) is 0.562. The van der Waals surface area contributed by atoms with Crippen LogP contribution in [0, 0.1) is 0 Å². The van der Waals surface area contributed by atoms with Crippen molar-refractivity contribution in [3.63, 3.8) is 0 Å². The zero-order chi connectivity index (χ0) is 10.7. The summed E-state index contributed by atoms with van der Waals surface area (Å²) in [4.78, 5) is 0. The number of para-hydroxylation sites is 1. The second-order valence-electron chi connectivity index (χ2n) is 3.66. The Labute approximate surface area is 93.2 Å². The summed E-state index contributed by atoms with van der Waals surface area (Å²) < 4.78 is 7.95. The van der Waals surface area contributed by atoms with Crippen molar-refractivity contribution >= 4 is 9.39 Å². The number of fused-ring (bicyclic) bond motifs is 1. The van der Waals surface area contributed by atoms with E-state index in [4.69, 9.17) is 4.74 Å². The number of hydrogen-bond acceptors (Lipinski definition) is 2. The maximum Gasteiger partial charge on any atom is 0.124 e. The Balaban J connectivity index is 2.37. The molecule has 2 atom stereocenters. The molecule has 0 aliphatic carbocycles. The second-order valence-corrected chi connectivity index (χ2v) is 4.33. The van der Waals surface area contributed by atoms with Gasteiger partial charge in [0.15, 0.2) is 0 Å². The van der Waals surface area contributed by atoms with Gasteiger partial charge in [-0.05, 0) is 12.5 Å². The Kier molecular flexibility index (Phi) is 3.40. The van der Waals surface area contributed by atoms with Crippen molar-refractivity contribution < 1.29 is 4.74 Å². The molecule has 0 saturated carbocycles. The molecule has 0 spiro atoms. The molecule has 0 aromatic heterocycles. The predicted molar refractivity (Wildman–Crippen MR) is 65.9 cm³/mol. The lowest BCUT2D eigenvalue weighted by molar-refractivity contribution is 0.285. The fourth-order valence-corrected chi connectivity index (χ4v) is 2.29. The molecular weight excluding hydrogens is 205 g/mol. The van der Waals surface area contributed by atoms with Crippen LogP contribution < -0.4 is 4.74 Å². The lowest BCUT2D eigenvalue weighted by Crippen LogP contribution is -2.20. The first-order valence-electron chi connectivity index (χ1n) is 5.17. The summed E-state index contributed by atoms with van der Waals surface area (Å²) in [7, 11) is 2.78. The van der Waals surface area contributed by atoms with Crippen LogP contribution in [0.3, 0.4) is 0 Å². The molecule has 0 amide bonds. The van der Waals surface area contributed by atoms with Crippen molar-refractivity contribution in [2.45, 2.75) is 12.5 Å². The molecule has 1 heterocycles. The van der Waals surface area contributed by atoms with Gasteiger partial charge in [0.2, 0.25) is 0 Å². The molecule has 0 radical (unpaired) electrons. The lowest BCUT2D eigenvalue weighted by Gasteiger charge is -2.24. The number of benzene rings is 1. The van der Waals surface area contributed by atoms with Crippen molar-refractivity contribution in [1.82, 2.24) is 4.67 Å². The third-order valence-electron chi connectivity index (χ3n) is 2.68. The maximum absolute atomic E-state index is 5.71. The second kappa shape index (κ2) is 4.78. The van der Waals surface area contributed by atoms with Gasteiger partial charge in [-0.2, -0.15) is 0 Å². The van der Waals surface area contributed by atoms with Crippen LogP contribution in [0.25, 0.3) is 0 Å². The number of nitrogens with zero attached hydrogens (tertiary/aromatic N) is 1. The number of rotatable bonds is 2. The van der Waals surface area contributed by atoms with E-state index in [1.54, 1.807) is 0 Å². The molecule has 0 bridgehead atoms. The molecule has 2 rings (SSSR count). The Morgan fingerprint density at radius 1 is 1.53 bits per heavy atom. The van der Waals surface area contributed by atoms with Crippen LogP contribution in [0.2, 0.25) is 0 Å². The average molecular weight is 221 g/mol. The van der Waals surface area contributed by atoms with Crippen molar-refractivity contribution in [2.24, 2.45) is 0 Å². The molecule has 1 aliphatic heterocycles. The fourth-order valence-electron chi connectivity index (χ4n) is 1.90. The van der Waals surface area contributed by atoms with Crippen LogP contribution in [-0.4, -0.2) is 17.8 Å². The standard InChI is InChI=1S/C12H16NOP/c1-2-5-11-10-6-3-4-7-12(10)14-9-8-13(11)15/h2-4,6-7,11H,1,5,8-9,15H2. The highest BCUT2D eigenvalue weighted by atomic mass is 31.0. The van der Waals surface area contributed by atoms with E-state index in [0.29, 0.717) is 6.04 Å². The van der Waals surface area contributed by atoms with E-state index in [1.807, 2.05) is 18.2 Å². The lowest BCUT2D eigenvalue weighted by atomic mass is 10.0. The smallest absolute Gasteiger partial charge is 0.124 e. The van der Waals surface area contributed by atoms with Crippen molar-refractivity contribution in [3.8, 4) is 5.75 Å². The molecule has 15 heavy (non-hydrogen) atoms. The van der Waals surface area contributed by atoms with Gasteiger partial charge in [0.1, 0.15) is 12.4 Å². The third-order valence-corrected chi connectivity index (χ3v) is 3.29. The van der Waals surface area contributed by atoms with E-state index in [9.17, 15) is 0 Å². The van der Waals surface area contributed by atoms with Crippen LogP contribution in [0.4, 0.5) is 0 Å². The van der Waals surface area contributed by atoms with Gasteiger partial charge in [0.25, 0.3) is 0 Å². The van der Waals surface area contributed by atoms with Gasteiger partial charge in [0, 0.05) is 18.2 Å². The molecule has 2 unspecified atom stereocenters. The zero-order valence-corrected chi connectivity index (χ0v) is 9.88. The minimum Gasteiger partial charge on any atom is -0.492 e. The molecule has 1 aromatic carbocycles. The summed E-state index contributed by atoms with van der Waals surface area (Å²) in [5.74, 6) is 1.01. The third kappa shape index (κ3) is 2.22. The highest BCUT2D eigenvalue weighted by Crippen LogP contribution is 2.35. The first-order valence-corrected chi connectivity index (χ1v) is 5.68. The van der Waals surface area contributed by atoms with Crippen LogP contribution in [0.15, 0.2) is 36.9 Å². The summed E-state index contributed by atoms with van der Waals surface area (Å²) in [5.41, 5.74) is 1.25. The fraction of sp³-hybridized carbons (Fsp3) is 0.333. The summed E-state index contributed by atoms with van der Waals surface area (Å²) in [5, 5.41) is 0. The van der Waals surface area contributed by atoms with Crippen LogP contribution >= 0.6 is 9.39 Å². The topological polar surface area (TPSA) is 12.5 Å². The van der Waals surface area contributed by atoms with Gasteiger partial charge in [-0.25, -0.2) is 0 Å². The maximum atomic E-state index is 5.71. The van der Waals surface area contributed by atoms with E-state index in [2.05, 4.69) is 32.8 Å². The van der Waals surface area contributed by atoms with Crippen LogP contribution in [0.1, 0.15) is 18.0 Å². The van der Waals surface area contributed by atoms with E-state index < -0.39 is 0 Å². The van der Waals surface area contributed by atoms with Gasteiger partial charge in [-0.1, -0.05) is 33.7 Å². The van der Waals surface area contributed by atoms with Gasteiger partial charge in [0.05, 0.1) is 0 Å². The van der Waals surface area contributed by atoms with Gasteiger partial charge >= 0.3 is 0 Å². The summed E-state index contributed by atoms with van der Waals surface area (Å²) in [6.45, 7) is 5.49. The highest BCUT2D eigenvalue weighted by molar-refractivity contribution is 7.13. The van der Waals surface area contributed by atoms with Crippen molar-refractivity contribution in [1.29, 1.82) is 0 Å². The molecule has 3 heteroatoms. The molecule has 0 N–H and O–H groups in total. The molecule has 1 aromatic rings. The Bertz CT molecular complexity index is 353. The van der Waals surface area contributed by atoms with E-state index in [0.717, 1.165) is 25.3 Å².